The fourth-order valence-corrected chi connectivity index (χ4v) is 3.10. The van der Waals surface area contributed by atoms with Crippen molar-refractivity contribution in [2.24, 2.45) is 5.10 Å². The predicted molar refractivity (Wildman–Crippen MR) is 90.2 cm³/mol. The van der Waals surface area contributed by atoms with Crippen LogP contribution in [0.4, 0.5) is 0 Å². The summed E-state index contributed by atoms with van der Waals surface area (Å²) in [5.74, 6) is -0.117. The SMILES string of the molecule is O=C1CC(c2ccncc2)C(c2cccc3ccccc23)=NN1. The molecule has 4 heteroatoms. The van der Waals surface area contributed by atoms with Crippen LogP contribution in [0.25, 0.3) is 10.8 Å². The van der Waals surface area contributed by atoms with Gasteiger partial charge in [0.25, 0.3) is 0 Å². The molecule has 1 unspecified atom stereocenters. The molecule has 0 radical (unpaired) electrons. The molecule has 1 amide bonds. The Morgan fingerprint density at radius 1 is 0.957 bits per heavy atom. The van der Waals surface area contributed by atoms with Crippen LogP contribution in [0.1, 0.15) is 23.5 Å². The maximum atomic E-state index is 11.9. The van der Waals surface area contributed by atoms with Gasteiger partial charge < -0.3 is 0 Å². The number of fused-ring (bicyclic) bond motifs is 1. The topological polar surface area (TPSA) is 54.4 Å². The molecule has 2 aromatic carbocycles. The first kappa shape index (κ1) is 13.6. The summed E-state index contributed by atoms with van der Waals surface area (Å²) in [6.07, 6.45) is 3.90. The van der Waals surface area contributed by atoms with Crippen molar-refractivity contribution in [2.45, 2.75) is 12.3 Å². The fraction of sp³-hybridized carbons (Fsp3) is 0.105. The van der Waals surface area contributed by atoms with Crippen LogP contribution in [0, 0.1) is 0 Å². The summed E-state index contributed by atoms with van der Waals surface area (Å²) in [7, 11) is 0. The second-order valence-corrected chi connectivity index (χ2v) is 5.60. The summed E-state index contributed by atoms with van der Waals surface area (Å²) in [6.45, 7) is 0. The van der Waals surface area contributed by atoms with Crippen LogP contribution in [0.2, 0.25) is 0 Å². The van der Waals surface area contributed by atoms with Gasteiger partial charge in [0.15, 0.2) is 0 Å². The first-order valence-electron chi connectivity index (χ1n) is 7.57. The lowest BCUT2D eigenvalue weighted by atomic mass is 9.85. The summed E-state index contributed by atoms with van der Waals surface area (Å²) in [6, 6.07) is 18.3. The maximum absolute atomic E-state index is 11.9. The number of amides is 1. The minimum absolute atomic E-state index is 0.0578. The molecule has 0 spiro atoms. The van der Waals surface area contributed by atoms with E-state index in [4.69, 9.17) is 0 Å². The highest BCUT2D eigenvalue weighted by molar-refractivity contribution is 6.15. The molecular weight excluding hydrogens is 286 g/mol. The normalized spacial score (nSPS) is 17.7. The van der Waals surface area contributed by atoms with Gasteiger partial charge in [-0.3, -0.25) is 9.78 Å². The van der Waals surface area contributed by atoms with Crippen molar-refractivity contribution >= 4 is 22.4 Å². The molecular formula is C19H15N3O. The van der Waals surface area contributed by atoms with E-state index in [1.807, 2.05) is 30.3 Å². The zero-order valence-corrected chi connectivity index (χ0v) is 12.4. The molecule has 1 aromatic heterocycles. The number of pyridine rings is 1. The number of nitrogens with zero attached hydrogens (tertiary/aromatic N) is 2. The van der Waals surface area contributed by atoms with E-state index in [9.17, 15) is 4.79 Å². The Balaban J connectivity index is 1.89. The van der Waals surface area contributed by atoms with Crippen molar-refractivity contribution in [3.05, 3.63) is 78.1 Å². The van der Waals surface area contributed by atoms with Gasteiger partial charge in [0.2, 0.25) is 5.91 Å². The number of benzene rings is 2. The van der Waals surface area contributed by atoms with Gasteiger partial charge in [-0.25, -0.2) is 5.43 Å². The van der Waals surface area contributed by atoms with Gasteiger partial charge >= 0.3 is 0 Å². The number of aromatic nitrogens is 1. The Hall–Kier alpha value is -3.01. The van der Waals surface area contributed by atoms with E-state index in [1.54, 1.807) is 12.4 Å². The zero-order chi connectivity index (χ0) is 15.6. The number of carbonyl (C=O) groups is 1. The highest BCUT2D eigenvalue weighted by atomic mass is 16.2. The summed E-state index contributed by atoms with van der Waals surface area (Å²) in [5, 5.41) is 6.69. The molecule has 4 rings (SSSR count). The number of carbonyl (C=O) groups excluding carboxylic acids is 1. The molecule has 0 saturated heterocycles. The Morgan fingerprint density at radius 3 is 2.61 bits per heavy atom. The monoisotopic (exact) mass is 301 g/mol. The lowest BCUT2D eigenvalue weighted by Gasteiger charge is -2.24. The standard InChI is InChI=1S/C19H15N3O/c23-18-12-17(14-8-10-20-11-9-14)19(22-21-18)16-7-3-5-13-4-1-2-6-15(13)16/h1-11,17H,12H2,(H,21,23). The van der Waals surface area contributed by atoms with Crippen LogP contribution < -0.4 is 5.43 Å². The number of rotatable bonds is 2. The third-order valence-electron chi connectivity index (χ3n) is 4.19. The summed E-state index contributed by atoms with van der Waals surface area (Å²) in [5.41, 5.74) is 5.64. The summed E-state index contributed by atoms with van der Waals surface area (Å²) in [4.78, 5) is 15.9. The van der Waals surface area contributed by atoms with Crippen molar-refractivity contribution in [2.75, 3.05) is 0 Å². The lowest BCUT2D eigenvalue weighted by Crippen LogP contribution is -2.32. The molecule has 0 bridgehead atoms. The van der Waals surface area contributed by atoms with E-state index < -0.39 is 0 Å². The molecule has 0 fully saturated rings. The Bertz CT molecular complexity index is 897. The first-order chi connectivity index (χ1) is 11.3. The van der Waals surface area contributed by atoms with Crippen LogP contribution in [0.15, 0.2) is 72.1 Å². The molecule has 23 heavy (non-hydrogen) atoms. The van der Waals surface area contributed by atoms with Gasteiger partial charge in [-0.1, -0.05) is 42.5 Å². The van der Waals surface area contributed by atoms with E-state index in [0.29, 0.717) is 6.42 Å². The second kappa shape index (κ2) is 5.65. The molecule has 4 nitrogen and oxygen atoms in total. The van der Waals surface area contributed by atoms with Crippen LogP contribution >= 0.6 is 0 Å². The largest absolute Gasteiger partial charge is 0.273 e. The van der Waals surface area contributed by atoms with Crippen LogP contribution in [0.5, 0.6) is 0 Å². The molecule has 1 atom stereocenters. The lowest BCUT2D eigenvalue weighted by molar-refractivity contribution is -0.121. The van der Waals surface area contributed by atoms with Gasteiger partial charge in [-0.15, -0.1) is 0 Å². The summed E-state index contributed by atoms with van der Waals surface area (Å²) >= 11 is 0. The third-order valence-corrected chi connectivity index (χ3v) is 4.19. The van der Waals surface area contributed by atoms with Crippen molar-refractivity contribution in [3.8, 4) is 0 Å². The summed E-state index contributed by atoms with van der Waals surface area (Å²) < 4.78 is 0. The highest BCUT2D eigenvalue weighted by Gasteiger charge is 2.27. The van der Waals surface area contributed by atoms with Gasteiger partial charge in [0, 0.05) is 30.3 Å². The maximum Gasteiger partial charge on any atom is 0.241 e. The molecule has 1 aliphatic rings. The molecule has 0 aliphatic carbocycles. The van der Waals surface area contributed by atoms with E-state index in [2.05, 4.69) is 39.8 Å². The minimum Gasteiger partial charge on any atom is -0.273 e. The Morgan fingerprint density at radius 2 is 1.74 bits per heavy atom. The van der Waals surface area contributed by atoms with Gasteiger partial charge in [0.05, 0.1) is 5.71 Å². The molecule has 1 N–H and O–H groups in total. The molecule has 1 aliphatic heterocycles. The number of hydrazone groups is 1. The third kappa shape index (κ3) is 2.48. The Labute approximate surface area is 133 Å². The van der Waals surface area contributed by atoms with Crippen LogP contribution in [0.3, 0.4) is 0 Å². The second-order valence-electron chi connectivity index (χ2n) is 5.60. The first-order valence-corrected chi connectivity index (χ1v) is 7.57. The van der Waals surface area contributed by atoms with E-state index in [-0.39, 0.29) is 11.8 Å². The van der Waals surface area contributed by atoms with E-state index >= 15 is 0 Å². The average Bonchev–Trinajstić information content (AvgIpc) is 2.62. The van der Waals surface area contributed by atoms with Crippen molar-refractivity contribution in [1.82, 2.24) is 10.4 Å². The molecule has 3 aromatic rings. The van der Waals surface area contributed by atoms with Gasteiger partial charge in [0.1, 0.15) is 0 Å². The molecule has 2 heterocycles. The average molecular weight is 301 g/mol. The van der Waals surface area contributed by atoms with Crippen molar-refractivity contribution in [1.29, 1.82) is 0 Å². The number of nitrogens with one attached hydrogen (secondary N) is 1. The predicted octanol–water partition coefficient (Wildman–Crippen LogP) is 3.24. The quantitative estimate of drug-likeness (QED) is 0.790. The van der Waals surface area contributed by atoms with E-state index in [1.165, 1.54) is 0 Å². The number of hydrogen-bond donors (Lipinski definition) is 1. The molecule has 0 saturated carbocycles. The minimum atomic E-state index is -0.0594. The van der Waals surface area contributed by atoms with Gasteiger partial charge in [-0.05, 0) is 28.5 Å². The molecule has 112 valence electrons. The Kier molecular flexibility index (Phi) is 3.35. The highest BCUT2D eigenvalue weighted by Crippen LogP contribution is 2.30. The van der Waals surface area contributed by atoms with E-state index in [0.717, 1.165) is 27.6 Å². The van der Waals surface area contributed by atoms with Gasteiger partial charge in [-0.2, -0.15) is 5.10 Å². The van der Waals surface area contributed by atoms with Crippen LogP contribution in [-0.2, 0) is 4.79 Å². The van der Waals surface area contributed by atoms with Crippen molar-refractivity contribution in [3.63, 3.8) is 0 Å². The zero-order valence-electron chi connectivity index (χ0n) is 12.4. The van der Waals surface area contributed by atoms with Crippen LogP contribution in [-0.4, -0.2) is 16.6 Å². The smallest absolute Gasteiger partial charge is 0.241 e. The fourth-order valence-electron chi connectivity index (χ4n) is 3.10. The van der Waals surface area contributed by atoms with Crippen molar-refractivity contribution < 1.29 is 4.79 Å². The number of hydrogen-bond acceptors (Lipinski definition) is 3.